The van der Waals surface area contributed by atoms with Crippen molar-refractivity contribution in [3.05, 3.63) is 56.2 Å². The van der Waals surface area contributed by atoms with E-state index in [0.717, 1.165) is 21.5 Å². The molecule has 90 valence electrons. The van der Waals surface area contributed by atoms with E-state index >= 15 is 0 Å². The lowest BCUT2D eigenvalue weighted by molar-refractivity contribution is 0.640. The second-order valence-corrected chi connectivity index (χ2v) is 5.47. The Balaban J connectivity index is 2.35. The maximum atomic E-state index is 6.20. The lowest BCUT2D eigenvalue weighted by atomic mass is 10.1. The van der Waals surface area contributed by atoms with Crippen LogP contribution in [0.3, 0.4) is 0 Å². The van der Waals surface area contributed by atoms with E-state index in [2.05, 4.69) is 12.2 Å². The molecule has 0 aliphatic heterocycles. The van der Waals surface area contributed by atoms with Gasteiger partial charge in [-0.05, 0) is 35.7 Å². The molecule has 0 fully saturated rings. The fraction of sp³-hybridized carbons (Fsp3) is 0.231. The van der Waals surface area contributed by atoms with Crippen LogP contribution in [0.25, 0.3) is 0 Å². The first-order chi connectivity index (χ1) is 8.22. The van der Waals surface area contributed by atoms with Crippen molar-refractivity contribution in [3.8, 4) is 0 Å². The Bertz CT molecular complexity index is 478. The zero-order valence-electron chi connectivity index (χ0n) is 9.41. The molecule has 0 bridgehead atoms. The lowest BCUT2D eigenvalue weighted by Gasteiger charge is -2.17. The topological polar surface area (TPSA) is 12.0 Å². The van der Waals surface area contributed by atoms with Crippen LogP contribution in [0.1, 0.15) is 23.4 Å². The number of rotatable bonds is 4. The Labute approximate surface area is 115 Å². The molecule has 0 aliphatic rings. The van der Waals surface area contributed by atoms with E-state index in [-0.39, 0.29) is 6.04 Å². The average molecular weight is 286 g/mol. The summed E-state index contributed by atoms with van der Waals surface area (Å²) in [6.07, 6.45) is 0. The minimum absolute atomic E-state index is 0.143. The van der Waals surface area contributed by atoms with E-state index in [1.165, 1.54) is 5.56 Å². The van der Waals surface area contributed by atoms with Gasteiger partial charge in [0.25, 0.3) is 0 Å². The molecular weight excluding hydrogens is 273 g/mol. The highest BCUT2D eigenvalue weighted by Gasteiger charge is 2.17. The summed E-state index contributed by atoms with van der Waals surface area (Å²) in [5, 5.41) is 7.02. The van der Waals surface area contributed by atoms with E-state index in [1.807, 2.05) is 35.7 Å². The van der Waals surface area contributed by atoms with Crippen LogP contribution in [-0.4, -0.2) is 6.54 Å². The minimum Gasteiger partial charge on any atom is -0.306 e. The summed E-state index contributed by atoms with van der Waals surface area (Å²) in [7, 11) is 0. The number of thiophene rings is 1. The van der Waals surface area contributed by atoms with Crippen molar-refractivity contribution in [1.29, 1.82) is 0 Å². The van der Waals surface area contributed by atoms with Gasteiger partial charge < -0.3 is 5.32 Å². The highest BCUT2D eigenvalue weighted by atomic mass is 35.5. The van der Waals surface area contributed by atoms with Crippen LogP contribution < -0.4 is 5.32 Å². The van der Waals surface area contributed by atoms with Crippen molar-refractivity contribution in [3.63, 3.8) is 0 Å². The molecule has 1 atom stereocenters. The second kappa shape index (κ2) is 5.87. The summed E-state index contributed by atoms with van der Waals surface area (Å²) in [5.74, 6) is 0. The highest BCUT2D eigenvalue weighted by molar-refractivity contribution is 7.10. The fourth-order valence-electron chi connectivity index (χ4n) is 1.73. The smallest absolute Gasteiger partial charge is 0.0686 e. The number of hydrogen-bond donors (Lipinski definition) is 1. The van der Waals surface area contributed by atoms with Crippen LogP contribution >= 0.6 is 34.5 Å². The van der Waals surface area contributed by atoms with Crippen molar-refractivity contribution in [1.82, 2.24) is 5.32 Å². The average Bonchev–Trinajstić information content (AvgIpc) is 2.74. The molecule has 1 aromatic carbocycles. The molecule has 0 spiro atoms. The minimum atomic E-state index is 0.143. The maximum Gasteiger partial charge on any atom is 0.0686 e. The van der Waals surface area contributed by atoms with Crippen LogP contribution in [-0.2, 0) is 0 Å². The van der Waals surface area contributed by atoms with E-state index < -0.39 is 0 Å². The third-order valence-electron chi connectivity index (χ3n) is 2.52. The number of nitrogens with one attached hydrogen (secondary N) is 1. The molecule has 1 heterocycles. The van der Waals surface area contributed by atoms with E-state index in [1.54, 1.807) is 11.3 Å². The Morgan fingerprint density at radius 2 is 1.88 bits per heavy atom. The third-order valence-corrected chi connectivity index (χ3v) is 4.19. The van der Waals surface area contributed by atoms with Crippen molar-refractivity contribution in [2.45, 2.75) is 13.0 Å². The number of hydrogen-bond acceptors (Lipinski definition) is 2. The zero-order valence-corrected chi connectivity index (χ0v) is 11.7. The largest absolute Gasteiger partial charge is 0.306 e. The zero-order chi connectivity index (χ0) is 12.3. The second-order valence-electron chi connectivity index (χ2n) is 3.68. The molecule has 2 aromatic rings. The normalized spacial score (nSPS) is 12.6. The first-order valence-electron chi connectivity index (χ1n) is 5.44. The van der Waals surface area contributed by atoms with Gasteiger partial charge in [0.1, 0.15) is 0 Å². The molecule has 1 N–H and O–H groups in total. The maximum absolute atomic E-state index is 6.20. The Morgan fingerprint density at radius 3 is 2.41 bits per heavy atom. The van der Waals surface area contributed by atoms with Crippen molar-refractivity contribution < 1.29 is 0 Å². The monoisotopic (exact) mass is 285 g/mol. The molecule has 0 aliphatic carbocycles. The van der Waals surface area contributed by atoms with Crippen molar-refractivity contribution in [2.24, 2.45) is 0 Å². The van der Waals surface area contributed by atoms with Gasteiger partial charge in [0.2, 0.25) is 0 Å². The summed E-state index contributed by atoms with van der Waals surface area (Å²) < 4.78 is 0. The molecule has 4 heteroatoms. The van der Waals surface area contributed by atoms with Gasteiger partial charge in [-0.1, -0.05) is 42.3 Å². The molecule has 1 nitrogen and oxygen atoms in total. The Hall–Kier alpha value is -0.540. The van der Waals surface area contributed by atoms with Gasteiger partial charge in [0.05, 0.1) is 11.1 Å². The molecule has 1 unspecified atom stereocenters. The Morgan fingerprint density at radius 1 is 1.18 bits per heavy atom. The molecule has 1 aromatic heterocycles. The summed E-state index contributed by atoms with van der Waals surface area (Å²) in [6.45, 7) is 2.98. The molecule has 2 rings (SSSR count). The van der Waals surface area contributed by atoms with Gasteiger partial charge in [-0.25, -0.2) is 0 Å². The van der Waals surface area contributed by atoms with Gasteiger partial charge in [-0.3, -0.25) is 0 Å². The number of halogens is 2. The predicted molar refractivity (Wildman–Crippen MR) is 76.3 cm³/mol. The highest BCUT2D eigenvalue weighted by Crippen LogP contribution is 2.33. The summed E-state index contributed by atoms with van der Waals surface area (Å²) in [6, 6.07) is 9.95. The van der Waals surface area contributed by atoms with Crippen LogP contribution in [0, 0.1) is 0 Å². The molecule has 17 heavy (non-hydrogen) atoms. The lowest BCUT2D eigenvalue weighted by Crippen LogP contribution is -2.21. The standard InChI is InChI=1S/C13H13Cl2NS/c1-2-16-12(13-11(15)7-8-17-13)9-3-5-10(14)6-4-9/h3-8,12,16H,2H2,1H3. The molecular formula is C13H13Cl2NS. The molecule has 0 amide bonds. The first-order valence-corrected chi connectivity index (χ1v) is 7.07. The Kier molecular flexibility index (Phi) is 4.46. The van der Waals surface area contributed by atoms with Gasteiger partial charge in [0.15, 0.2) is 0 Å². The van der Waals surface area contributed by atoms with E-state index in [4.69, 9.17) is 23.2 Å². The van der Waals surface area contributed by atoms with Crippen molar-refractivity contribution in [2.75, 3.05) is 6.54 Å². The van der Waals surface area contributed by atoms with Crippen LogP contribution in [0.4, 0.5) is 0 Å². The summed E-state index contributed by atoms with van der Waals surface area (Å²) in [4.78, 5) is 1.15. The van der Waals surface area contributed by atoms with Crippen LogP contribution in [0.2, 0.25) is 10.0 Å². The van der Waals surface area contributed by atoms with Crippen LogP contribution in [0.15, 0.2) is 35.7 Å². The van der Waals surface area contributed by atoms with Gasteiger partial charge in [-0.15, -0.1) is 11.3 Å². The summed E-state index contributed by atoms with van der Waals surface area (Å²) >= 11 is 13.8. The molecule has 0 radical (unpaired) electrons. The quantitative estimate of drug-likeness (QED) is 0.855. The molecule has 0 saturated carbocycles. The third kappa shape index (κ3) is 3.02. The van der Waals surface area contributed by atoms with Crippen molar-refractivity contribution >= 4 is 34.5 Å². The van der Waals surface area contributed by atoms with Gasteiger partial charge >= 0.3 is 0 Å². The van der Waals surface area contributed by atoms with Crippen LogP contribution in [0.5, 0.6) is 0 Å². The van der Waals surface area contributed by atoms with Gasteiger partial charge in [0, 0.05) is 9.90 Å². The predicted octanol–water partition coefficient (Wildman–Crippen LogP) is 4.75. The van der Waals surface area contributed by atoms with E-state index in [0.29, 0.717) is 0 Å². The summed E-state index contributed by atoms with van der Waals surface area (Å²) in [5.41, 5.74) is 1.18. The molecule has 0 saturated heterocycles. The SMILES string of the molecule is CCNC(c1ccc(Cl)cc1)c1sccc1Cl. The van der Waals surface area contributed by atoms with E-state index in [9.17, 15) is 0 Å². The number of benzene rings is 1. The fourth-order valence-corrected chi connectivity index (χ4v) is 3.13. The first kappa shape index (κ1) is 12.9. The van der Waals surface area contributed by atoms with Gasteiger partial charge in [-0.2, -0.15) is 0 Å².